The molecule has 0 fully saturated rings. The molecule has 0 unspecified atom stereocenters. The number of nitrogens with two attached hydrogens (primary N) is 1. The van der Waals surface area contributed by atoms with Gasteiger partial charge in [-0.25, -0.2) is 0 Å². The SMILES string of the molecule is COc1ccc(/C=C/C(=O)NCc2ccccc2)cc1N. The maximum Gasteiger partial charge on any atom is 0.244 e. The lowest BCUT2D eigenvalue weighted by Crippen LogP contribution is -2.20. The molecule has 0 aliphatic carbocycles. The number of anilines is 1. The minimum atomic E-state index is -0.145. The maximum absolute atomic E-state index is 11.7. The fraction of sp³-hybridized carbons (Fsp3) is 0.118. The van der Waals surface area contributed by atoms with Crippen molar-refractivity contribution in [3.8, 4) is 5.75 Å². The van der Waals surface area contributed by atoms with Crippen molar-refractivity contribution in [1.29, 1.82) is 0 Å². The van der Waals surface area contributed by atoms with E-state index in [1.807, 2.05) is 36.4 Å². The number of hydrogen-bond acceptors (Lipinski definition) is 3. The molecule has 0 aromatic heterocycles. The van der Waals surface area contributed by atoms with E-state index < -0.39 is 0 Å². The Morgan fingerprint density at radius 2 is 2.00 bits per heavy atom. The summed E-state index contributed by atoms with van der Waals surface area (Å²) in [7, 11) is 1.57. The monoisotopic (exact) mass is 282 g/mol. The molecule has 108 valence electrons. The van der Waals surface area contributed by atoms with Gasteiger partial charge in [-0.2, -0.15) is 0 Å². The van der Waals surface area contributed by atoms with Crippen LogP contribution in [-0.4, -0.2) is 13.0 Å². The molecule has 3 N–H and O–H groups in total. The van der Waals surface area contributed by atoms with Crippen LogP contribution in [0.4, 0.5) is 5.69 Å². The zero-order valence-corrected chi connectivity index (χ0v) is 11.9. The van der Waals surface area contributed by atoms with E-state index in [1.54, 1.807) is 25.3 Å². The highest BCUT2D eigenvalue weighted by Crippen LogP contribution is 2.22. The molecule has 4 nitrogen and oxygen atoms in total. The van der Waals surface area contributed by atoms with E-state index in [1.165, 1.54) is 6.08 Å². The molecule has 2 aromatic carbocycles. The van der Waals surface area contributed by atoms with Crippen molar-refractivity contribution in [3.05, 3.63) is 65.7 Å². The van der Waals surface area contributed by atoms with Crippen LogP contribution in [0.25, 0.3) is 6.08 Å². The van der Waals surface area contributed by atoms with E-state index in [-0.39, 0.29) is 5.91 Å². The molecule has 2 rings (SSSR count). The van der Waals surface area contributed by atoms with Gasteiger partial charge in [-0.05, 0) is 29.3 Å². The van der Waals surface area contributed by atoms with E-state index in [0.29, 0.717) is 18.0 Å². The second-order valence-corrected chi connectivity index (χ2v) is 4.54. The van der Waals surface area contributed by atoms with E-state index in [9.17, 15) is 4.79 Å². The fourth-order valence-electron chi connectivity index (χ4n) is 1.87. The summed E-state index contributed by atoms with van der Waals surface area (Å²) in [6.07, 6.45) is 3.21. The Bertz CT molecular complexity index is 636. The van der Waals surface area contributed by atoms with Gasteiger partial charge in [0.1, 0.15) is 5.75 Å². The zero-order valence-electron chi connectivity index (χ0n) is 11.9. The Morgan fingerprint density at radius 3 is 2.67 bits per heavy atom. The van der Waals surface area contributed by atoms with Gasteiger partial charge < -0.3 is 15.8 Å². The molecule has 2 aromatic rings. The molecular formula is C17H18N2O2. The van der Waals surface area contributed by atoms with Gasteiger partial charge in [0.25, 0.3) is 0 Å². The van der Waals surface area contributed by atoms with Gasteiger partial charge in [-0.3, -0.25) is 4.79 Å². The van der Waals surface area contributed by atoms with Gasteiger partial charge in [0.05, 0.1) is 12.8 Å². The van der Waals surface area contributed by atoms with E-state index >= 15 is 0 Å². The topological polar surface area (TPSA) is 64.3 Å². The number of hydrogen-bond donors (Lipinski definition) is 2. The standard InChI is InChI=1S/C17H18N2O2/c1-21-16-9-7-13(11-15(16)18)8-10-17(20)19-12-14-5-3-2-4-6-14/h2-11H,12,18H2,1H3,(H,19,20)/b10-8+. The molecule has 4 heteroatoms. The Kier molecular flexibility index (Phi) is 4.99. The van der Waals surface area contributed by atoms with E-state index in [0.717, 1.165) is 11.1 Å². The van der Waals surface area contributed by atoms with Crippen LogP contribution in [0.15, 0.2) is 54.6 Å². The van der Waals surface area contributed by atoms with E-state index in [2.05, 4.69) is 5.32 Å². The molecular weight excluding hydrogens is 264 g/mol. The molecule has 0 saturated heterocycles. The number of nitrogen functional groups attached to an aromatic ring is 1. The van der Waals surface area contributed by atoms with Crippen molar-refractivity contribution in [2.75, 3.05) is 12.8 Å². The molecule has 0 spiro atoms. The number of carbonyl (C=O) groups is 1. The molecule has 0 saturated carbocycles. The third-order valence-electron chi connectivity index (χ3n) is 2.99. The summed E-state index contributed by atoms with van der Waals surface area (Å²) in [5.74, 6) is 0.480. The van der Waals surface area contributed by atoms with Crippen LogP contribution in [0.2, 0.25) is 0 Å². The first kappa shape index (κ1) is 14.7. The summed E-state index contributed by atoms with van der Waals surface area (Å²) in [5, 5.41) is 2.82. The summed E-state index contributed by atoms with van der Waals surface area (Å²) in [6, 6.07) is 15.1. The van der Waals surface area contributed by atoms with Crippen molar-refractivity contribution in [3.63, 3.8) is 0 Å². The molecule has 1 amide bonds. The lowest BCUT2D eigenvalue weighted by Gasteiger charge is -2.04. The average Bonchev–Trinajstić information content (AvgIpc) is 2.52. The fourth-order valence-corrected chi connectivity index (χ4v) is 1.87. The van der Waals surface area contributed by atoms with Crippen molar-refractivity contribution in [2.24, 2.45) is 0 Å². The summed E-state index contributed by atoms with van der Waals surface area (Å²) in [5.41, 5.74) is 8.27. The largest absolute Gasteiger partial charge is 0.495 e. The number of rotatable bonds is 5. The first-order valence-corrected chi connectivity index (χ1v) is 6.62. The third-order valence-corrected chi connectivity index (χ3v) is 2.99. The van der Waals surface area contributed by atoms with Crippen molar-refractivity contribution in [2.45, 2.75) is 6.54 Å². The second-order valence-electron chi connectivity index (χ2n) is 4.54. The van der Waals surface area contributed by atoms with Crippen LogP contribution in [0.5, 0.6) is 5.75 Å². The molecule has 0 heterocycles. The highest BCUT2D eigenvalue weighted by Gasteiger charge is 2.00. The second kappa shape index (κ2) is 7.14. The number of ether oxygens (including phenoxy) is 1. The number of carbonyl (C=O) groups excluding carboxylic acids is 1. The lowest BCUT2D eigenvalue weighted by atomic mass is 10.1. The van der Waals surface area contributed by atoms with Gasteiger partial charge in [-0.1, -0.05) is 36.4 Å². The minimum Gasteiger partial charge on any atom is -0.495 e. The maximum atomic E-state index is 11.7. The van der Waals surface area contributed by atoms with Gasteiger partial charge in [0.15, 0.2) is 0 Å². The number of methoxy groups -OCH3 is 1. The Balaban J connectivity index is 1.91. The normalized spacial score (nSPS) is 10.5. The van der Waals surface area contributed by atoms with Crippen LogP contribution in [-0.2, 0) is 11.3 Å². The molecule has 0 aliphatic rings. The van der Waals surface area contributed by atoms with Crippen molar-refractivity contribution < 1.29 is 9.53 Å². The van der Waals surface area contributed by atoms with E-state index in [4.69, 9.17) is 10.5 Å². The zero-order chi connectivity index (χ0) is 15.1. The first-order valence-electron chi connectivity index (χ1n) is 6.62. The number of amides is 1. The first-order chi connectivity index (χ1) is 10.2. The smallest absolute Gasteiger partial charge is 0.244 e. The number of benzene rings is 2. The Labute approximate surface area is 124 Å². The average molecular weight is 282 g/mol. The van der Waals surface area contributed by atoms with Crippen molar-refractivity contribution in [1.82, 2.24) is 5.32 Å². The van der Waals surface area contributed by atoms with Crippen LogP contribution in [0, 0.1) is 0 Å². The molecule has 0 atom stereocenters. The van der Waals surface area contributed by atoms with Gasteiger partial charge in [0, 0.05) is 12.6 Å². The molecule has 0 radical (unpaired) electrons. The summed E-state index contributed by atoms with van der Waals surface area (Å²) in [6.45, 7) is 0.509. The number of nitrogens with one attached hydrogen (secondary N) is 1. The summed E-state index contributed by atoms with van der Waals surface area (Å²) < 4.78 is 5.08. The van der Waals surface area contributed by atoms with Crippen LogP contribution < -0.4 is 15.8 Å². The summed E-state index contributed by atoms with van der Waals surface area (Å²) >= 11 is 0. The van der Waals surface area contributed by atoms with Crippen LogP contribution in [0.1, 0.15) is 11.1 Å². The Hall–Kier alpha value is -2.75. The molecule has 0 aliphatic heterocycles. The predicted octanol–water partition coefficient (Wildman–Crippen LogP) is 2.61. The van der Waals surface area contributed by atoms with Crippen LogP contribution >= 0.6 is 0 Å². The van der Waals surface area contributed by atoms with Crippen LogP contribution in [0.3, 0.4) is 0 Å². The Morgan fingerprint density at radius 1 is 1.24 bits per heavy atom. The molecule has 0 bridgehead atoms. The third kappa shape index (κ3) is 4.38. The highest BCUT2D eigenvalue weighted by atomic mass is 16.5. The highest BCUT2D eigenvalue weighted by molar-refractivity contribution is 5.91. The predicted molar refractivity (Wildman–Crippen MR) is 84.7 cm³/mol. The van der Waals surface area contributed by atoms with Gasteiger partial charge >= 0.3 is 0 Å². The molecule has 21 heavy (non-hydrogen) atoms. The van der Waals surface area contributed by atoms with Gasteiger partial charge in [-0.15, -0.1) is 0 Å². The lowest BCUT2D eigenvalue weighted by molar-refractivity contribution is -0.116. The van der Waals surface area contributed by atoms with Gasteiger partial charge in [0.2, 0.25) is 5.91 Å². The minimum absolute atomic E-state index is 0.145. The summed E-state index contributed by atoms with van der Waals surface area (Å²) in [4.78, 5) is 11.7. The van der Waals surface area contributed by atoms with Crippen molar-refractivity contribution >= 4 is 17.7 Å². The quantitative estimate of drug-likeness (QED) is 0.654.